The second-order valence-corrected chi connectivity index (χ2v) is 6.09. The molecule has 1 heterocycles. The zero-order valence-corrected chi connectivity index (χ0v) is 13.3. The minimum absolute atomic E-state index is 0.0900. The van der Waals surface area contributed by atoms with Gasteiger partial charge in [0.2, 0.25) is 5.91 Å². The summed E-state index contributed by atoms with van der Waals surface area (Å²) in [5.41, 5.74) is 1.07. The van der Waals surface area contributed by atoms with Crippen molar-refractivity contribution in [1.29, 1.82) is 0 Å². The van der Waals surface area contributed by atoms with Gasteiger partial charge >= 0.3 is 4.87 Å². The Bertz CT molecular complexity index is 977. The topological polar surface area (TPSA) is 94.2 Å². The van der Waals surface area contributed by atoms with Crippen LogP contribution in [0.4, 0.5) is 11.4 Å². The van der Waals surface area contributed by atoms with E-state index in [4.69, 9.17) is 0 Å². The van der Waals surface area contributed by atoms with Gasteiger partial charge in [0.1, 0.15) is 0 Å². The van der Waals surface area contributed by atoms with Gasteiger partial charge in [-0.25, -0.2) is 0 Å². The van der Waals surface area contributed by atoms with Crippen LogP contribution in [0.25, 0.3) is 10.2 Å². The van der Waals surface area contributed by atoms with E-state index in [1.165, 1.54) is 18.2 Å². The zero-order chi connectivity index (χ0) is 17.1. The second-order valence-electron chi connectivity index (χ2n) is 5.09. The molecule has 0 aliphatic rings. The van der Waals surface area contributed by atoms with Crippen molar-refractivity contribution in [3.05, 3.63) is 68.3 Å². The lowest BCUT2D eigenvalue weighted by Crippen LogP contribution is -2.19. The molecule has 0 atom stereocenters. The number of anilines is 1. The molecule has 0 unspecified atom stereocenters. The van der Waals surface area contributed by atoms with Crippen LogP contribution in [-0.4, -0.2) is 15.4 Å². The number of nitrogens with one attached hydrogen (secondary N) is 1. The average molecular weight is 343 g/mol. The Kier molecular flexibility index (Phi) is 4.39. The predicted octanol–water partition coefficient (Wildman–Crippen LogP) is 3.00. The van der Waals surface area contributed by atoms with Crippen molar-refractivity contribution in [1.82, 2.24) is 4.57 Å². The number of nitrogens with zero attached hydrogens (tertiary/aromatic N) is 2. The third kappa shape index (κ3) is 3.33. The molecule has 1 amide bonds. The Morgan fingerprint density at radius 2 is 2.00 bits per heavy atom. The molecule has 8 heteroatoms. The van der Waals surface area contributed by atoms with E-state index >= 15 is 0 Å². The molecule has 0 saturated heterocycles. The number of fused-ring (bicyclic) bond motifs is 1. The van der Waals surface area contributed by atoms with Crippen LogP contribution in [0, 0.1) is 10.1 Å². The fraction of sp³-hybridized carbons (Fsp3) is 0.125. The van der Waals surface area contributed by atoms with E-state index in [-0.39, 0.29) is 29.4 Å². The fourth-order valence-corrected chi connectivity index (χ4v) is 3.28. The van der Waals surface area contributed by atoms with Gasteiger partial charge in [0.25, 0.3) is 5.69 Å². The third-order valence-corrected chi connectivity index (χ3v) is 4.44. The number of carbonyl (C=O) groups is 1. The first-order valence-corrected chi connectivity index (χ1v) is 7.99. The summed E-state index contributed by atoms with van der Waals surface area (Å²) < 4.78 is 2.44. The van der Waals surface area contributed by atoms with Crippen LogP contribution in [-0.2, 0) is 11.3 Å². The van der Waals surface area contributed by atoms with E-state index in [0.29, 0.717) is 5.69 Å². The summed E-state index contributed by atoms with van der Waals surface area (Å²) in [5.74, 6) is -0.308. The van der Waals surface area contributed by atoms with Crippen LogP contribution in [0.2, 0.25) is 0 Å². The predicted molar refractivity (Wildman–Crippen MR) is 92.4 cm³/mol. The molecule has 0 bridgehead atoms. The molecule has 0 radical (unpaired) electrons. The van der Waals surface area contributed by atoms with Crippen LogP contribution < -0.4 is 10.2 Å². The summed E-state index contributed by atoms with van der Waals surface area (Å²) in [6.45, 7) is 0.254. The first kappa shape index (κ1) is 15.9. The number of amides is 1. The highest BCUT2D eigenvalue weighted by atomic mass is 32.1. The summed E-state index contributed by atoms with van der Waals surface area (Å²) in [4.78, 5) is 34.2. The van der Waals surface area contributed by atoms with E-state index < -0.39 is 4.92 Å². The van der Waals surface area contributed by atoms with Gasteiger partial charge in [-0.15, -0.1) is 0 Å². The van der Waals surface area contributed by atoms with E-state index in [1.54, 1.807) is 10.6 Å². The number of hydrogen-bond acceptors (Lipinski definition) is 5. The summed E-state index contributed by atoms with van der Waals surface area (Å²) >= 11 is 1.14. The summed E-state index contributed by atoms with van der Waals surface area (Å²) in [5, 5.41) is 13.3. The van der Waals surface area contributed by atoms with Crippen molar-refractivity contribution in [2.75, 3.05) is 5.32 Å². The Hall–Kier alpha value is -3.00. The standard InChI is InChI=1S/C16H13N3O4S/c20-15(17-11-4-3-5-12(10-11)19(22)23)8-9-18-13-6-1-2-7-14(13)24-16(18)21/h1-7,10H,8-9H2,(H,17,20). The highest BCUT2D eigenvalue weighted by Gasteiger charge is 2.11. The molecular formula is C16H13N3O4S. The molecule has 0 aliphatic heterocycles. The van der Waals surface area contributed by atoms with Crippen molar-refractivity contribution in [3.63, 3.8) is 0 Å². The third-order valence-electron chi connectivity index (χ3n) is 3.48. The van der Waals surface area contributed by atoms with E-state index in [0.717, 1.165) is 21.6 Å². The number of aryl methyl sites for hydroxylation is 1. The number of hydrogen-bond donors (Lipinski definition) is 1. The number of nitro groups is 1. The van der Waals surface area contributed by atoms with Gasteiger partial charge < -0.3 is 5.32 Å². The number of rotatable bonds is 5. The molecule has 0 saturated carbocycles. The van der Waals surface area contributed by atoms with Crippen molar-refractivity contribution in [3.8, 4) is 0 Å². The smallest absolute Gasteiger partial charge is 0.308 e. The number of nitro benzene ring substituents is 1. The number of benzene rings is 2. The fourth-order valence-electron chi connectivity index (χ4n) is 2.36. The van der Waals surface area contributed by atoms with Gasteiger partial charge in [-0.2, -0.15) is 0 Å². The summed E-state index contributed by atoms with van der Waals surface area (Å²) in [6, 6.07) is 13.1. The maximum Gasteiger partial charge on any atom is 0.308 e. The van der Waals surface area contributed by atoms with Gasteiger partial charge in [-0.05, 0) is 18.2 Å². The van der Waals surface area contributed by atoms with Gasteiger partial charge in [0.15, 0.2) is 0 Å². The number of para-hydroxylation sites is 1. The molecule has 0 fully saturated rings. The van der Waals surface area contributed by atoms with Crippen LogP contribution in [0.1, 0.15) is 6.42 Å². The molecule has 1 aromatic heterocycles. The van der Waals surface area contributed by atoms with Crippen LogP contribution in [0.15, 0.2) is 53.3 Å². The van der Waals surface area contributed by atoms with E-state index in [9.17, 15) is 19.7 Å². The lowest BCUT2D eigenvalue weighted by Gasteiger charge is -2.06. The van der Waals surface area contributed by atoms with Crippen molar-refractivity contribution < 1.29 is 9.72 Å². The molecule has 0 spiro atoms. The quantitative estimate of drug-likeness (QED) is 0.569. The minimum Gasteiger partial charge on any atom is -0.326 e. The van der Waals surface area contributed by atoms with Crippen molar-refractivity contribution in [2.24, 2.45) is 0 Å². The number of carbonyl (C=O) groups excluding carboxylic acids is 1. The van der Waals surface area contributed by atoms with Crippen molar-refractivity contribution in [2.45, 2.75) is 13.0 Å². The molecule has 0 aliphatic carbocycles. The normalized spacial score (nSPS) is 10.7. The first-order chi connectivity index (χ1) is 11.5. The van der Waals surface area contributed by atoms with Gasteiger partial charge in [-0.1, -0.05) is 29.5 Å². The lowest BCUT2D eigenvalue weighted by molar-refractivity contribution is -0.384. The molecule has 3 aromatic rings. The molecule has 7 nitrogen and oxygen atoms in total. The highest BCUT2D eigenvalue weighted by molar-refractivity contribution is 7.16. The molecule has 24 heavy (non-hydrogen) atoms. The molecule has 2 aromatic carbocycles. The Labute approximate surface area is 140 Å². The molecular weight excluding hydrogens is 330 g/mol. The zero-order valence-electron chi connectivity index (χ0n) is 12.5. The number of thiazole rings is 1. The van der Waals surface area contributed by atoms with Crippen LogP contribution >= 0.6 is 11.3 Å². The van der Waals surface area contributed by atoms with Crippen molar-refractivity contribution >= 4 is 38.8 Å². The summed E-state index contributed by atoms with van der Waals surface area (Å²) in [7, 11) is 0. The van der Waals surface area contributed by atoms with Gasteiger partial charge in [0, 0.05) is 30.8 Å². The first-order valence-electron chi connectivity index (χ1n) is 7.17. The number of aromatic nitrogens is 1. The average Bonchev–Trinajstić information content (AvgIpc) is 2.88. The monoisotopic (exact) mass is 343 g/mol. The lowest BCUT2D eigenvalue weighted by atomic mass is 10.2. The largest absolute Gasteiger partial charge is 0.326 e. The van der Waals surface area contributed by atoms with Crippen LogP contribution in [0.3, 0.4) is 0 Å². The van der Waals surface area contributed by atoms with Crippen LogP contribution in [0.5, 0.6) is 0 Å². The Balaban J connectivity index is 1.69. The maximum atomic E-state index is 12.0. The summed E-state index contributed by atoms with van der Waals surface area (Å²) in [6.07, 6.45) is 0.101. The van der Waals surface area contributed by atoms with Gasteiger partial charge in [0.05, 0.1) is 15.1 Å². The van der Waals surface area contributed by atoms with Gasteiger partial charge in [-0.3, -0.25) is 24.3 Å². The number of non-ortho nitro benzene ring substituents is 1. The SMILES string of the molecule is O=C(CCn1c(=O)sc2ccccc21)Nc1cccc([N+](=O)[O-])c1. The Morgan fingerprint density at radius 1 is 1.21 bits per heavy atom. The minimum atomic E-state index is -0.521. The molecule has 1 N–H and O–H groups in total. The molecule has 3 rings (SSSR count). The molecule has 122 valence electrons. The maximum absolute atomic E-state index is 12.0. The van der Waals surface area contributed by atoms with E-state index in [2.05, 4.69) is 5.32 Å². The second kappa shape index (κ2) is 6.63. The highest BCUT2D eigenvalue weighted by Crippen LogP contribution is 2.18. The Morgan fingerprint density at radius 3 is 2.79 bits per heavy atom. The van der Waals surface area contributed by atoms with E-state index in [1.807, 2.05) is 24.3 Å².